The number of carbonyl (C=O) groups excluding carboxylic acids is 1. The Labute approximate surface area is 93.9 Å². The third-order valence-corrected chi connectivity index (χ3v) is 1.96. The molecule has 0 atom stereocenters. The second kappa shape index (κ2) is 5.90. The van der Waals surface area contributed by atoms with Crippen molar-refractivity contribution in [3.05, 3.63) is 35.7 Å². The standard InChI is InChI=1S/C12H14FNO2/c1-9(15)14-7-3-4-10-8-11(13)5-6-12(10)16-2/h3-6,8H,7H2,1-2H3,(H,14,15). The van der Waals surface area contributed by atoms with Crippen molar-refractivity contribution >= 4 is 12.0 Å². The summed E-state index contributed by atoms with van der Waals surface area (Å²) in [4.78, 5) is 10.6. The first kappa shape index (κ1) is 12.2. The molecular formula is C12H14FNO2. The molecule has 0 aliphatic carbocycles. The number of hydrogen-bond acceptors (Lipinski definition) is 2. The molecule has 0 aromatic heterocycles. The molecule has 0 aliphatic rings. The molecule has 0 spiro atoms. The zero-order valence-corrected chi connectivity index (χ0v) is 9.29. The summed E-state index contributed by atoms with van der Waals surface area (Å²) in [7, 11) is 1.53. The summed E-state index contributed by atoms with van der Waals surface area (Å²) in [5, 5.41) is 2.61. The van der Waals surface area contributed by atoms with E-state index in [1.165, 1.54) is 26.2 Å². The van der Waals surface area contributed by atoms with Crippen molar-refractivity contribution < 1.29 is 13.9 Å². The summed E-state index contributed by atoms with van der Waals surface area (Å²) in [5.74, 6) is 0.177. The van der Waals surface area contributed by atoms with Crippen molar-refractivity contribution in [2.24, 2.45) is 0 Å². The molecule has 0 fully saturated rings. The highest BCUT2D eigenvalue weighted by atomic mass is 19.1. The maximum Gasteiger partial charge on any atom is 0.217 e. The van der Waals surface area contributed by atoms with E-state index in [1.54, 1.807) is 18.2 Å². The van der Waals surface area contributed by atoms with Gasteiger partial charge in [0, 0.05) is 19.0 Å². The number of methoxy groups -OCH3 is 1. The smallest absolute Gasteiger partial charge is 0.217 e. The minimum atomic E-state index is -0.319. The zero-order valence-electron chi connectivity index (χ0n) is 9.29. The Hall–Kier alpha value is -1.84. The monoisotopic (exact) mass is 223 g/mol. The summed E-state index contributed by atoms with van der Waals surface area (Å²) in [6.07, 6.45) is 3.44. The lowest BCUT2D eigenvalue weighted by Crippen LogP contribution is -2.19. The molecule has 0 unspecified atom stereocenters. The highest BCUT2D eigenvalue weighted by Gasteiger charge is 2.00. The molecular weight excluding hydrogens is 209 g/mol. The van der Waals surface area contributed by atoms with E-state index < -0.39 is 0 Å². The molecule has 1 amide bonds. The summed E-state index contributed by atoms with van der Waals surface area (Å²) in [6.45, 7) is 1.85. The lowest BCUT2D eigenvalue weighted by atomic mass is 10.2. The predicted octanol–water partition coefficient (Wildman–Crippen LogP) is 1.98. The first-order chi connectivity index (χ1) is 7.63. The number of amides is 1. The highest BCUT2D eigenvalue weighted by molar-refractivity contribution is 5.73. The van der Waals surface area contributed by atoms with Crippen LogP contribution in [0.2, 0.25) is 0 Å². The predicted molar refractivity (Wildman–Crippen MR) is 60.7 cm³/mol. The number of halogens is 1. The van der Waals surface area contributed by atoms with Gasteiger partial charge in [-0.1, -0.05) is 12.2 Å². The number of nitrogens with one attached hydrogen (secondary N) is 1. The Morgan fingerprint density at radius 1 is 1.56 bits per heavy atom. The second-order valence-electron chi connectivity index (χ2n) is 3.23. The first-order valence-electron chi connectivity index (χ1n) is 4.88. The maximum absolute atomic E-state index is 13.0. The number of benzene rings is 1. The molecule has 3 nitrogen and oxygen atoms in total. The van der Waals surface area contributed by atoms with Crippen LogP contribution < -0.4 is 10.1 Å². The van der Waals surface area contributed by atoms with Crippen molar-refractivity contribution in [1.82, 2.24) is 5.32 Å². The van der Waals surface area contributed by atoms with Crippen LogP contribution in [-0.2, 0) is 4.79 Å². The van der Waals surface area contributed by atoms with Crippen LogP contribution in [-0.4, -0.2) is 19.6 Å². The van der Waals surface area contributed by atoms with E-state index in [4.69, 9.17) is 4.74 Å². The maximum atomic E-state index is 13.0. The van der Waals surface area contributed by atoms with Gasteiger partial charge >= 0.3 is 0 Å². The van der Waals surface area contributed by atoms with Crippen molar-refractivity contribution in [3.63, 3.8) is 0 Å². The van der Waals surface area contributed by atoms with Crippen molar-refractivity contribution in [2.45, 2.75) is 6.92 Å². The SMILES string of the molecule is COc1ccc(F)cc1C=CCNC(C)=O. The van der Waals surface area contributed by atoms with E-state index in [9.17, 15) is 9.18 Å². The van der Waals surface area contributed by atoms with Gasteiger partial charge in [0.25, 0.3) is 0 Å². The highest BCUT2D eigenvalue weighted by Crippen LogP contribution is 2.20. The lowest BCUT2D eigenvalue weighted by Gasteiger charge is -2.04. The van der Waals surface area contributed by atoms with E-state index in [0.717, 1.165) is 0 Å². The molecule has 1 aromatic rings. The van der Waals surface area contributed by atoms with Gasteiger partial charge in [-0.3, -0.25) is 4.79 Å². The molecule has 1 aromatic carbocycles. The van der Waals surface area contributed by atoms with Gasteiger partial charge < -0.3 is 10.1 Å². The zero-order chi connectivity index (χ0) is 12.0. The van der Waals surface area contributed by atoms with Crippen LogP contribution in [0.1, 0.15) is 12.5 Å². The molecule has 86 valence electrons. The summed E-state index contributed by atoms with van der Waals surface area (Å²) in [6, 6.07) is 4.28. The minimum Gasteiger partial charge on any atom is -0.496 e. The Balaban J connectivity index is 2.71. The summed E-state index contributed by atoms with van der Waals surface area (Å²) in [5.41, 5.74) is 0.646. The van der Waals surface area contributed by atoms with Gasteiger partial charge in [-0.2, -0.15) is 0 Å². The van der Waals surface area contributed by atoms with Crippen LogP contribution in [0.5, 0.6) is 5.75 Å². The average Bonchev–Trinajstić information content (AvgIpc) is 2.24. The van der Waals surface area contributed by atoms with Crippen molar-refractivity contribution in [3.8, 4) is 5.75 Å². The van der Waals surface area contributed by atoms with Crippen LogP contribution >= 0.6 is 0 Å². The fraction of sp³-hybridized carbons (Fsp3) is 0.250. The second-order valence-corrected chi connectivity index (χ2v) is 3.23. The topological polar surface area (TPSA) is 38.3 Å². The largest absolute Gasteiger partial charge is 0.496 e. The fourth-order valence-corrected chi connectivity index (χ4v) is 1.22. The van der Waals surface area contributed by atoms with Gasteiger partial charge in [-0.25, -0.2) is 4.39 Å². The molecule has 0 saturated carbocycles. The van der Waals surface area contributed by atoms with E-state index in [1.807, 2.05) is 0 Å². The van der Waals surface area contributed by atoms with Gasteiger partial charge in [0.05, 0.1) is 7.11 Å². The minimum absolute atomic E-state index is 0.101. The molecule has 0 saturated heterocycles. The lowest BCUT2D eigenvalue weighted by molar-refractivity contribution is -0.118. The van der Waals surface area contributed by atoms with E-state index in [2.05, 4.69) is 5.32 Å². The van der Waals surface area contributed by atoms with Gasteiger partial charge in [0.15, 0.2) is 0 Å². The van der Waals surface area contributed by atoms with Crippen LogP contribution in [0.25, 0.3) is 6.08 Å². The molecule has 16 heavy (non-hydrogen) atoms. The number of rotatable bonds is 4. The van der Waals surface area contributed by atoms with Crippen LogP contribution in [0.15, 0.2) is 24.3 Å². The van der Waals surface area contributed by atoms with E-state index in [-0.39, 0.29) is 11.7 Å². The Bertz CT molecular complexity index is 402. The van der Waals surface area contributed by atoms with Crippen LogP contribution in [0.4, 0.5) is 4.39 Å². The van der Waals surface area contributed by atoms with Gasteiger partial charge in [-0.15, -0.1) is 0 Å². The Kier molecular flexibility index (Phi) is 4.51. The average molecular weight is 223 g/mol. The number of ether oxygens (including phenoxy) is 1. The molecule has 1 rings (SSSR count). The van der Waals surface area contributed by atoms with E-state index in [0.29, 0.717) is 17.9 Å². The van der Waals surface area contributed by atoms with Crippen molar-refractivity contribution in [2.75, 3.05) is 13.7 Å². The number of carbonyl (C=O) groups is 1. The molecule has 0 bridgehead atoms. The quantitative estimate of drug-likeness (QED) is 0.847. The van der Waals surface area contributed by atoms with Crippen LogP contribution in [0.3, 0.4) is 0 Å². The third kappa shape index (κ3) is 3.73. The van der Waals surface area contributed by atoms with Gasteiger partial charge in [0.2, 0.25) is 5.91 Å². The fourth-order valence-electron chi connectivity index (χ4n) is 1.22. The van der Waals surface area contributed by atoms with Gasteiger partial charge in [0.1, 0.15) is 11.6 Å². The Morgan fingerprint density at radius 3 is 2.94 bits per heavy atom. The van der Waals surface area contributed by atoms with E-state index >= 15 is 0 Å². The van der Waals surface area contributed by atoms with Crippen molar-refractivity contribution in [1.29, 1.82) is 0 Å². The summed E-state index contributed by atoms with van der Waals surface area (Å²) < 4.78 is 18.0. The molecule has 0 aliphatic heterocycles. The Morgan fingerprint density at radius 2 is 2.31 bits per heavy atom. The van der Waals surface area contributed by atoms with Gasteiger partial charge in [-0.05, 0) is 18.2 Å². The van der Waals surface area contributed by atoms with Crippen LogP contribution in [0, 0.1) is 5.82 Å². The molecule has 4 heteroatoms. The first-order valence-corrected chi connectivity index (χ1v) is 4.88. The molecule has 0 radical (unpaired) electrons. The normalized spacial score (nSPS) is 10.4. The molecule has 0 heterocycles. The summed E-state index contributed by atoms with van der Waals surface area (Å²) >= 11 is 0. The molecule has 1 N–H and O–H groups in total. The number of hydrogen-bond donors (Lipinski definition) is 1. The third-order valence-electron chi connectivity index (χ3n) is 1.96.